The number of nitrogens with one attached hydrogen (secondary N) is 1. The molecular formula is C20H27N3O4S. The third kappa shape index (κ3) is 5.73. The maximum absolute atomic E-state index is 12.4. The first-order valence-electron chi connectivity index (χ1n) is 9.47. The molecule has 28 heavy (non-hydrogen) atoms. The van der Waals surface area contributed by atoms with E-state index in [0.29, 0.717) is 23.9 Å². The molecule has 3 rings (SSSR count). The van der Waals surface area contributed by atoms with Crippen molar-refractivity contribution < 1.29 is 18.2 Å². The van der Waals surface area contributed by atoms with Crippen LogP contribution in [0.3, 0.4) is 0 Å². The largest absolute Gasteiger partial charge is 0.441 e. The van der Waals surface area contributed by atoms with Gasteiger partial charge < -0.3 is 14.5 Å². The number of morpholine rings is 1. The van der Waals surface area contributed by atoms with Crippen LogP contribution in [0.4, 0.5) is 0 Å². The van der Waals surface area contributed by atoms with E-state index in [1.165, 1.54) is 0 Å². The number of carbonyl (C=O) groups is 1. The minimum absolute atomic E-state index is 0.0326. The first kappa shape index (κ1) is 20.7. The van der Waals surface area contributed by atoms with Crippen molar-refractivity contribution >= 4 is 16.7 Å². The van der Waals surface area contributed by atoms with Crippen LogP contribution in [0.5, 0.6) is 0 Å². The van der Waals surface area contributed by atoms with Gasteiger partial charge in [-0.3, -0.25) is 13.9 Å². The summed E-state index contributed by atoms with van der Waals surface area (Å²) >= 11 is 0. The molecule has 7 nitrogen and oxygen atoms in total. The highest BCUT2D eigenvalue weighted by Crippen LogP contribution is 2.25. The van der Waals surface area contributed by atoms with E-state index in [1.807, 2.05) is 38.1 Å². The molecule has 1 N–H and O–H groups in total. The molecule has 2 heterocycles. The maximum Gasteiger partial charge on any atom is 0.232 e. The van der Waals surface area contributed by atoms with Gasteiger partial charge >= 0.3 is 0 Å². The summed E-state index contributed by atoms with van der Waals surface area (Å²) in [5.74, 6) is 1.14. The van der Waals surface area contributed by atoms with Crippen molar-refractivity contribution in [3.63, 3.8) is 0 Å². The number of ether oxygens (including phenoxy) is 1. The number of benzene rings is 1. The summed E-state index contributed by atoms with van der Waals surface area (Å²) in [7, 11) is -1.34. The lowest BCUT2D eigenvalue weighted by Gasteiger charge is -2.26. The maximum atomic E-state index is 12.4. The van der Waals surface area contributed by atoms with Crippen molar-refractivity contribution in [2.24, 2.45) is 0 Å². The zero-order valence-corrected chi connectivity index (χ0v) is 17.2. The molecule has 0 radical (unpaired) electrons. The third-order valence-electron chi connectivity index (χ3n) is 4.71. The van der Waals surface area contributed by atoms with Gasteiger partial charge in [0.05, 0.1) is 24.7 Å². The van der Waals surface area contributed by atoms with Gasteiger partial charge in [-0.25, -0.2) is 4.98 Å². The Morgan fingerprint density at radius 3 is 2.75 bits per heavy atom. The molecule has 0 aliphatic carbocycles. The van der Waals surface area contributed by atoms with E-state index in [9.17, 15) is 9.00 Å². The van der Waals surface area contributed by atoms with E-state index in [2.05, 4.69) is 15.2 Å². The number of nitrogens with zero attached hydrogens (tertiary/aromatic N) is 2. The Kier molecular flexibility index (Phi) is 7.36. The Balaban J connectivity index is 1.48. The smallest absolute Gasteiger partial charge is 0.232 e. The SMILES string of the molecule is Cc1ccccc1-c1nc(C[S@](=O)CC(=O)NCCN2CCOCC2)c(C)o1. The quantitative estimate of drug-likeness (QED) is 0.719. The first-order chi connectivity index (χ1) is 13.5. The van der Waals surface area contributed by atoms with Gasteiger partial charge in [0.2, 0.25) is 11.8 Å². The molecule has 0 saturated carbocycles. The van der Waals surface area contributed by atoms with Crippen LogP contribution >= 0.6 is 0 Å². The van der Waals surface area contributed by atoms with Gasteiger partial charge in [-0.2, -0.15) is 0 Å². The lowest BCUT2D eigenvalue weighted by Crippen LogP contribution is -2.42. The molecule has 1 saturated heterocycles. The summed E-state index contributed by atoms with van der Waals surface area (Å²) in [5, 5.41) is 2.84. The fourth-order valence-electron chi connectivity index (χ4n) is 3.07. The van der Waals surface area contributed by atoms with Gasteiger partial charge in [-0.1, -0.05) is 18.2 Å². The van der Waals surface area contributed by atoms with E-state index < -0.39 is 10.8 Å². The van der Waals surface area contributed by atoms with E-state index in [-0.39, 0.29) is 17.4 Å². The van der Waals surface area contributed by atoms with E-state index in [0.717, 1.165) is 44.0 Å². The average Bonchev–Trinajstić information content (AvgIpc) is 3.03. The van der Waals surface area contributed by atoms with Crippen molar-refractivity contribution in [1.29, 1.82) is 0 Å². The molecule has 1 aliphatic heterocycles. The molecule has 1 atom stereocenters. The predicted octanol–water partition coefficient (Wildman–Crippen LogP) is 1.66. The third-order valence-corrected chi connectivity index (χ3v) is 5.89. The number of aromatic nitrogens is 1. The summed E-state index contributed by atoms with van der Waals surface area (Å²) in [6.07, 6.45) is 0. The highest BCUT2D eigenvalue weighted by atomic mass is 32.2. The second kappa shape index (κ2) is 9.95. The van der Waals surface area contributed by atoms with E-state index in [1.54, 1.807) is 0 Å². The van der Waals surface area contributed by atoms with Crippen LogP contribution < -0.4 is 5.32 Å². The van der Waals surface area contributed by atoms with Gasteiger partial charge in [0, 0.05) is 42.5 Å². The number of hydrogen-bond acceptors (Lipinski definition) is 6. The number of carbonyl (C=O) groups excluding carboxylic acids is 1. The van der Waals surface area contributed by atoms with Gasteiger partial charge in [-0.05, 0) is 25.5 Å². The van der Waals surface area contributed by atoms with Crippen LogP contribution in [-0.4, -0.2) is 65.1 Å². The summed E-state index contributed by atoms with van der Waals surface area (Å²) in [5.41, 5.74) is 2.62. The molecule has 1 aromatic carbocycles. The minimum atomic E-state index is -1.34. The normalized spacial score (nSPS) is 16.1. The standard InChI is InChI=1S/C20H27N3O4S/c1-15-5-3-4-6-17(15)20-22-18(16(2)27-20)13-28(25)14-19(24)21-7-8-23-9-11-26-12-10-23/h3-6H,7-14H2,1-2H3,(H,21,24)/t28-/m0/s1. The van der Waals surface area contributed by atoms with Crippen LogP contribution in [0, 0.1) is 13.8 Å². The Bertz CT molecular complexity index is 831. The zero-order chi connectivity index (χ0) is 19.9. The molecule has 0 unspecified atom stereocenters. The highest BCUT2D eigenvalue weighted by Gasteiger charge is 2.17. The van der Waals surface area contributed by atoms with Crippen molar-refractivity contribution in [2.45, 2.75) is 19.6 Å². The van der Waals surface area contributed by atoms with E-state index in [4.69, 9.17) is 9.15 Å². The highest BCUT2D eigenvalue weighted by molar-refractivity contribution is 7.84. The molecule has 152 valence electrons. The Morgan fingerprint density at radius 1 is 1.25 bits per heavy atom. The number of amides is 1. The second-order valence-electron chi connectivity index (χ2n) is 6.87. The van der Waals surface area contributed by atoms with Crippen LogP contribution in [0.1, 0.15) is 17.0 Å². The molecule has 1 fully saturated rings. The Labute approximate surface area is 167 Å². The van der Waals surface area contributed by atoms with Crippen molar-refractivity contribution in [3.05, 3.63) is 41.3 Å². The predicted molar refractivity (Wildman–Crippen MR) is 108 cm³/mol. The molecular weight excluding hydrogens is 378 g/mol. The lowest BCUT2D eigenvalue weighted by molar-refractivity contribution is -0.118. The lowest BCUT2D eigenvalue weighted by atomic mass is 10.1. The Hall–Kier alpha value is -2.03. The molecule has 1 amide bonds. The number of oxazole rings is 1. The van der Waals surface area contributed by atoms with Gasteiger partial charge in [0.25, 0.3) is 0 Å². The number of rotatable bonds is 8. The van der Waals surface area contributed by atoms with Gasteiger partial charge in [-0.15, -0.1) is 0 Å². The van der Waals surface area contributed by atoms with Gasteiger partial charge in [0.1, 0.15) is 11.5 Å². The average molecular weight is 406 g/mol. The Morgan fingerprint density at radius 2 is 2.00 bits per heavy atom. The molecule has 2 aromatic rings. The number of hydrogen-bond donors (Lipinski definition) is 1. The van der Waals surface area contributed by atoms with Crippen LogP contribution in [0.25, 0.3) is 11.5 Å². The minimum Gasteiger partial charge on any atom is -0.441 e. The second-order valence-corrected chi connectivity index (χ2v) is 8.33. The van der Waals surface area contributed by atoms with Crippen LogP contribution in [0.2, 0.25) is 0 Å². The molecule has 1 aliphatic rings. The van der Waals surface area contributed by atoms with Crippen LogP contribution in [-0.2, 0) is 26.1 Å². The monoisotopic (exact) mass is 405 g/mol. The summed E-state index contributed by atoms with van der Waals surface area (Å²) in [4.78, 5) is 18.8. The van der Waals surface area contributed by atoms with E-state index >= 15 is 0 Å². The molecule has 0 bridgehead atoms. The van der Waals surface area contributed by atoms with Crippen molar-refractivity contribution in [1.82, 2.24) is 15.2 Å². The fraction of sp³-hybridized carbons (Fsp3) is 0.500. The van der Waals surface area contributed by atoms with Crippen molar-refractivity contribution in [3.8, 4) is 11.5 Å². The zero-order valence-electron chi connectivity index (χ0n) is 16.4. The van der Waals surface area contributed by atoms with Gasteiger partial charge in [0.15, 0.2) is 0 Å². The topological polar surface area (TPSA) is 84.7 Å². The summed E-state index contributed by atoms with van der Waals surface area (Å²) < 4.78 is 23.5. The van der Waals surface area contributed by atoms with Crippen molar-refractivity contribution in [2.75, 3.05) is 45.1 Å². The van der Waals surface area contributed by atoms with Crippen LogP contribution in [0.15, 0.2) is 28.7 Å². The molecule has 1 aromatic heterocycles. The summed E-state index contributed by atoms with van der Waals surface area (Å²) in [6.45, 7) is 8.38. The number of aryl methyl sites for hydroxylation is 2. The molecule has 0 spiro atoms. The first-order valence-corrected chi connectivity index (χ1v) is 11.0. The summed E-state index contributed by atoms with van der Waals surface area (Å²) in [6, 6.07) is 7.83. The molecule has 8 heteroatoms. The fourth-order valence-corrected chi connectivity index (χ4v) is 4.14.